The maximum absolute atomic E-state index is 14.1. The molecular formula is C23H26Cl2FNO2S. The molecule has 0 spiro atoms. The third-order valence-corrected chi connectivity index (χ3v) is 6.89. The summed E-state index contributed by atoms with van der Waals surface area (Å²) in [5.74, 6) is 0.326. The van der Waals surface area contributed by atoms with Crippen molar-refractivity contribution in [3.63, 3.8) is 0 Å². The normalized spacial score (nSPS) is 20.6. The first-order valence-corrected chi connectivity index (χ1v) is 11.9. The van der Waals surface area contributed by atoms with Crippen LogP contribution in [0.25, 0.3) is 0 Å². The third-order valence-electron chi connectivity index (χ3n) is 5.17. The molecular weight excluding hydrogens is 444 g/mol. The topological polar surface area (TPSA) is 29.5 Å². The standard InChI is InChI=1S/C23H26Cl2FNO2S/c1-4-20(13-30-14(2)3)27-21(28)12-29-23(16-9-18(25)11-19(26)10-16)22(27)15-5-7-17(24)8-6-15/h5-11,14,20,22-23H,4,12-13H2,1-3H3/t20?,22-,23-/m1/s1. The highest BCUT2D eigenvalue weighted by Crippen LogP contribution is 2.43. The van der Waals surface area contributed by atoms with Gasteiger partial charge in [-0.1, -0.05) is 56.1 Å². The van der Waals surface area contributed by atoms with E-state index in [-0.39, 0.29) is 18.6 Å². The number of morpholine rings is 1. The van der Waals surface area contributed by atoms with Gasteiger partial charge in [-0.15, -0.1) is 0 Å². The van der Waals surface area contributed by atoms with Crippen LogP contribution in [-0.4, -0.2) is 34.5 Å². The Bertz CT molecular complexity index is 858. The average Bonchev–Trinajstić information content (AvgIpc) is 2.69. The number of amides is 1. The van der Waals surface area contributed by atoms with Crippen molar-refractivity contribution in [3.05, 3.63) is 69.5 Å². The summed E-state index contributed by atoms with van der Waals surface area (Å²) in [6.07, 6.45) is 0.279. The van der Waals surface area contributed by atoms with Gasteiger partial charge in [-0.3, -0.25) is 4.79 Å². The van der Waals surface area contributed by atoms with Gasteiger partial charge in [0.25, 0.3) is 0 Å². The molecule has 1 unspecified atom stereocenters. The molecule has 3 atom stereocenters. The minimum Gasteiger partial charge on any atom is -0.361 e. The Morgan fingerprint density at radius 1 is 1.13 bits per heavy atom. The fourth-order valence-electron chi connectivity index (χ4n) is 3.77. The molecule has 0 bridgehead atoms. The molecule has 0 radical (unpaired) electrons. The van der Waals surface area contributed by atoms with Crippen molar-refractivity contribution in [3.8, 4) is 0 Å². The van der Waals surface area contributed by atoms with Crippen molar-refractivity contribution < 1.29 is 13.9 Å². The Kier molecular flexibility index (Phi) is 8.08. The Labute approximate surface area is 191 Å². The number of ether oxygens (including phenoxy) is 1. The van der Waals surface area contributed by atoms with Gasteiger partial charge in [0.15, 0.2) is 0 Å². The van der Waals surface area contributed by atoms with E-state index >= 15 is 0 Å². The van der Waals surface area contributed by atoms with Crippen LogP contribution in [0.5, 0.6) is 0 Å². The van der Waals surface area contributed by atoms with Gasteiger partial charge in [0, 0.05) is 21.8 Å². The van der Waals surface area contributed by atoms with Crippen LogP contribution in [0.4, 0.5) is 4.39 Å². The highest BCUT2D eigenvalue weighted by molar-refractivity contribution is 7.99. The van der Waals surface area contributed by atoms with Crippen LogP contribution in [0.1, 0.15) is 50.5 Å². The van der Waals surface area contributed by atoms with Crippen LogP contribution in [0.15, 0.2) is 42.5 Å². The molecule has 0 saturated carbocycles. The van der Waals surface area contributed by atoms with Crippen LogP contribution in [0.2, 0.25) is 10.0 Å². The largest absolute Gasteiger partial charge is 0.361 e. The van der Waals surface area contributed by atoms with Crippen LogP contribution in [0, 0.1) is 5.82 Å². The van der Waals surface area contributed by atoms with E-state index in [0.29, 0.717) is 20.9 Å². The summed E-state index contributed by atoms with van der Waals surface area (Å²) in [6.45, 7) is 6.33. The number of rotatable bonds is 7. The molecule has 2 aromatic rings. The maximum Gasteiger partial charge on any atom is 0.249 e. The van der Waals surface area contributed by atoms with E-state index in [1.807, 2.05) is 28.8 Å². The molecule has 7 heteroatoms. The third kappa shape index (κ3) is 5.50. The van der Waals surface area contributed by atoms with Crippen molar-refractivity contribution in [1.29, 1.82) is 0 Å². The van der Waals surface area contributed by atoms with Gasteiger partial charge in [0.2, 0.25) is 5.91 Å². The first-order valence-electron chi connectivity index (χ1n) is 10.1. The Morgan fingerprint density at radius 3 is 2.43 bits per heavy atom. The molecule has 1 aliphatic rings. The number of carbonyl (C=O) groups excluding carboxylic acids is 1. The highest BCUT2D eigenvalue weighted by atomic mass is 35.5. The van der Waals surface area contributed by atoms with Gasteiger partial charge in [-0.25, -0.2) is 4.39 Å². The fraction of sp³-hybridized carbons (Fsp3) is 0.435. The van der Waals surface area contributed by atoms with Crippen molar-refractivity contribution in [1.82, 2.24) is 4.90 Å². The molecule has 30 heavy (non-hydrogen) atoms. The van der Waals surface area contributed by atoms with E-state index in [1.54, 1.807) is 18.2 Å². The lowest BCUT2D eigenvalue weighted by Gasteiger charge is -2.45. The smallest absolute Gasteiger partial charge is 0.249 e. The summed E-state index contributed by atoms with van der Waals surface area (Å²) in [5, 5.41) is 1.37. The second-order valence-electron chi connectivity index (χ2n) is 7.68. The predicted molar refractivity (Wildman–Crippen MR) is 123 cm³/mol. The Morgan fingerprint density at radius 2 is 1.83 bits per heavy atom. The van der Waals surface area contributed by atoms with Crippen LogP contribution < -0.4 is 0 Å². The van der Waals surface area contributed by atoms with Crippen LogP contribution in [0.3, 0.4) is 0 Å². The molecule has 1 aliphatic heterocycles. The molecule has 0 aromatic heterocycles. The minimum atomic E-state index is -0.532. The van der Waals surface area contributed by atoms with Crippen molar-refractivity contribution in [2.45, 2.75) is 50.6 Å². The number of halogens is 3. The molecule has 3 nitrogen and oxygen atoms in total. The zero-order chi connectivity index (χ0) is 21.8. The predicted octanol–water partition coefficient (Wildman–Crippen LogP) is 6.69. The van der Waals surface area contributed by atoms with E-state index in [2.05, 4.69) is 20.8 Å². The van der Waals surface area contributed by atoms with Gasteiger partial charge < -0.3 is 9.64 Å². The zero-order valence-electron chi connectivity index (χ0n) is 17.3. The van der Waals surface area contributed by atoms with E-state index in [0.717, 1.165) is 17.7 Å². The number of benzene rings is 2. The van der Waals surface area contributed by atoms with Gasteiger partial charge in [-0.2, -0.15) is 11.8 Å². The van der Waals surface area contributed by atoms with Gasteiger partial charge in [0.1, 0.15) is 18.5 Å². The summed E-state index contributed by atoms with van der Waals surface area (Å²) in [7, 11) is 0. The van der Waals surface area contributed by atoms with Crippen LogP contribution in [-0.2, 0) is 9.53 Å². The lowest BCUT2D eigenvalue weighted by Crippen LogP contribution is -2.51. The number of nitrogens with zero attached hydrogens (tertiary/aromatic N) is 1. The average molecular weight is 470 g/mol. The second kappa shape index (κ2) is 10.4. The fourth-order valence-corrected chi connectivity index (χ4v) is 5.13. The van der Waals surface area contributed by atoms with Crippen molar-refractivity contribution in [2.75, 3.05) is 12.4 Å². The molecule has 0 aliphatic carbocycles. The molecule has 1 amide bonds. The molecule has 1 saturated heterocycles. The number of hydrogen-bond acceptors (Lipinski definition) is 3. The van der Waals surface area contributed by atoms with E-state index in [4.69, 9.17) is 27.9 Å². The first kappa shape index (κ1) is 23.4. The minimum absolute atomic E-state index is 0.0287. The maximum atomic E-state index is 14.1. The number of carbonyl (C=O) groups is 1. The lowest BCUT2D eigenvalue weighted by atomic mass is 9.91. The summed E-state index contributed by atoms with van der Waals surface area (Å²) in [6, 6.07) is 11.4. The highest BCUT2D eigenvalue weighted by Gasteiger charge is 2.41. The summed E-state index contributed by atoms with van der Waals surface area (Å²) < 4.78 is 20.1. The van der Waals surface area contributed by atoms with Crippen molar-refractivity contribution in [2.24, 2.45) is 0 Å². The number of hydrogen-bond donors (Lipinski definition) is 0. The molecule has 1 heterocycles. The molecule has 1 fully saturated rings. The summed E-state index contributed by atoms with van der Waals surface area (Å²) in [4.78, 5) is 15.0. The van der Waals surface area contributed by atoms with E-state index < -0.39 is 18.0 Å². The zero-order valence-corrected chi connectivity index (χ0v) is 19.6. The van der Waals surface area contributed by atoms with E-state index in [9.17, 15) is 9.18 Å². The quantitative estimate of drug-likeness (QED) is 0.451. The van der Waals surface area contributed by atoms with Gasteiger partial charge in [-0.05, 0) is 53.1 Å². The molecule has 2 aromatic carbocycles. The SMILES string of the molecule is CCC(CSC(C)C)N1C(=O)CO[C@H](c2cc(F)cc(Cl)c2)[C@H]1c1ccc(Cl)cc1. The van der Waals surface area contributed by atoms with Gasteiger partial charge in [0.05, 0.1) is 6.04 Å². The van der Waals surface area contributed by atoms with Crippen LogP contribution >= 0.6 is 35.0 Å². The second-order valence-corrected chi connectivity index (χ2v) is 10.2. The van der Waals surface area contributed by atoms with E-state index in [1.165, 1.54) is 12.1 Å². The first-order chi connectivity index (χ1) is 14.3. The lowest BCUT2D eigenvalue weighted by molar-refractivity contribution is -0.162. The number of thioether (sulfide) groups is 1. The Balaban J connectivity index is 2.07. The molecule has 3 rings (SSSR count). The Hall–Kier alpha value is -1.27. The van der Waals surface area contributed by atoms with Crippen molar-refractivity contribution >= 4 is 40.9 Å². The summed E-state index contributed by atoms with van der Waals surface area (Å²) in [5.41, 5.74) is 1.51. The monoisotopic (exact) mass is 469 g/mol. The van der Waals surface area contributed by atoms with Gasteiger partial charge >= 0.3 is 0 Å². The molecule has 162 valence electrons. The summed E-state index contributed by atoms with van der Waals surface area (Å²) >= 11 is 14.1. The molecule has 0 N–H and O–H groups in total.